The van der Waals surface area contributed by atoms with Crippen LogP contribution in [-0.4, -0.2) is 29.2 Å². The second kappa shape index (κ2) is 8.44. The third kappa shape index (κ3) is 4.34. The summed E-state index contributed by atoms with van der Waals surface area (Å²) < 4.78 is 4.20. The van der Waals surface area contributed by atoms with Gasteiger partial charge in [-0.05, 0) is 44.2 Å². The second-order valence-electron chi connectivity index (χ2n) is 6.79. The second-order valence-corrected chi connectivity index (χ2v) is 7.17. The summed E-state index contributed by atoms with van der Waals surface area (Å²) in [5.74, 6) is -0.247. The molecule has 146 valence electrons. The van der Waals surface area contributed by atoms with E-state index in [0.717, 1.165) is 31.0 Å². The molecule has 1 aromatic carbocycles. The number of likely N-dealkylation sites (N-methyl/N-ethyl adjacent to an activating group) is 1. The van der Waals surface area contributed by atoms with Gasteiger partial charge in [-0.1, -0.05) is 11.6 Å². The average molecular weight is 399 g/mol. The first-order valence-electron chi connectivity index (χ1n) is 9.22. The molecular weight excluding hydrogens is 374 g/mol. The monoisotopic (exact) mass is 398 g/mol. The number of aryl methyl sites for hydroxylation is 1. The van der Waals surface area contributed by atoms with Crippen molar-refractivity contribution in [3.8, 4) is 0 Å². The number of aliphatic imine (C=N–C) groups is 1. The average Bonchev–Trinajstić information content (AvgIpc) is 3.11. The molecule has 6 nitrogen and oxygen atoms in total. The highest BCUT2D eigenvalue weighted by molar-refractivity contribution is 6.49. The number of benzene rings is 1. The lowest BCUT2D eigenvalue weighted by atomic mass is 10.0. The van der Waals surface area contributed by atoms with Gasteiger partial charge in [-0.25, -0.2) is 14.1 Å². The number of Topliss-reactive ketones (excluding diaryl/α,β-unsaturated/α-hetero) is 1. The molecule has 0 radical (unpaired) electrons. The molecule has 1 aromatic heterocycles. The number of nitrogens with two attached hydrogens (primary N) is 1. The Hall–Kier alpha value is -2.86. The molecule has 2 aromatic rings. The highest BCUT2D eigenvalue weighted by atomic mass is 35.5. The number of carbonyl (C=O) groups is 1. The van der Waals surface area contributed by atoms with E-state index in [9.17, 15) is 4.79 Å². The van der Waals surface area contributed by atoms with Crippen molar-refractivity contribution in [3.05, 3.63) is 65.4 Å². The molecule has 0 spiro atoms. The van der Waals surface area contributed by atoms with Gasteiger partial charge in [0.05, 0.1) is 30.7 Å². The maximum absolute atomic E-state index is 11.8. The predicted molar refractivity (Wildman–Crippen MR) is 113 cm³/mol. The Morgan fingerprint density at radius 1 is 1.29 bits per heavy atom. The van der Waals surface area contributed by atoms with Gasteiger partial charge in [-0.3, -0.25) is 4.79 Å². The van der Waals surface area contributed by atoms with Gasteiger partial charge < -0.3 is 10.6 Å². The molecule has 2 N–H and O–H groups in total. The first-order valence-corrected chi connectivity index (χ1v) is 9.60. The minimum absolute atomic E-state index is 0.0333. The summed E-state index contributed by atoms with van der Waals surface area (Å²) in [6.07, 6.45) is 7.85. The number of rotatable bonds is 6. The highest BCUT2D eigenvalue weighted by Crippen LogP contribution is 2.24. The highest BCUT2D eigenvalue weighted by Gasteiger charge is 2.21. The Balaban J connectivity index is 1.74. The molecule has 1 heterocycles. The van der Waals surface area contributed by atoms with Crippen LogP contribution in [0.2, 0.25) is 0 Å². The number of imidazole rings is 1. The summed E-state index contributed by atoms with van der Waals surface area (Å²) in [6, 6.07) is 7.98. The van der Waals surface area contributed by atoms with Crippen molar-refractivity contribution in [3.63, 3.8) is 0 Å². The number of hydrogen-bond donors (Lipinski definition) is 1. The molecule has 0 aliphatic heterocycles. The largest absolute Gasteiger partial charge is 0.396 e. The van der Waals surface area contributed by atoms with Crippen molar-refractivity contribution in [2.75, 3.05) is 18.0 Å². The van der Waals surface area contributed by atoms with E-state index >= 15 is 0 Å². The standard InChI is InChI=1S/C21H24ClN5O/c1-4-27(12-11-26-10-9-25(3)14-26)17-7-5-16(6-8-17)24-18-13-15(2)21(28)19(22)20(18)23/h5-10,13-14H,4,11-12H2,1-3H3,(H-,23,28)/p+1. The van der Waals surface area contributed by atoms with Crippen LogP contribution in [0.4, 0.5) is 11.4 Å². The maximum Gasteiger partial charge on any atom is 0.243 e. The first kappa shape index (κ1) is 19.9. The topological polar surface area (TPSA) is 67.5 Å². The summed E-state index contributed by atoms with van der Waals surface area (Å²) in [6.45, 7) is 6.59. The minimum atomic E-state index is -0.247. The van der Waals surface area contributed by atoms with Crippen LogP contribution >= 0.6 is 11.6 Å². The predicted octanol–water partition coefficient (Wildman–Crippen LogP) is 2.85. The van der Waals surface area contributed by atoms with Crippen molar-refractivity contribution in [1.82, 2.24) is 4.57 Å². The van der Waals surface area contributed by atoms with Crippen molar-refractivity contribution >= 4 is 34.5 Å². The molecule has 0 bridgehead atoms. The number of aromatic nitrogens is 2. The summed E-state index contributed by atoms with van der Waals surface area (Å²) in [7, 11) is 2.02. The fourth-order valence-corrected chi connectivity index (χ4v) is 3.31. The van der Waals surface area contributed by atoms with E-state index in [2.05, 4.69) is 33.9 Å². The van der Waals surface area contributed by atoms with Crippen LogP contribution in [0, 0.1) is 0 Å². The van der Waals surface area contributed by atoms with E-state index in [1.54, 1.807) is 13.0 Å². The Morgan fingerprint density at radius 3 is 2.61 bits per heavy atom. The molecule has 7 heteroatoms. The summed E-state index contributed by atoms with van der Waals surface area (Å²) in [4.78, 5) is 18.7. The van der Waals surface area contributed by atoms with Gasteiger partial charge in [-0.15, -0.1) is 0 Å². The van der Waals surface area contributed by atoms with Gasteiger partial charge in [0, 0.05) is 17.8 Å². The maximum atomic E-state index is 11.8. The van der Waals surface area contributed by atoms with Crippen LogP contribution in [0.3, 0.4) is 0 Å². The Kier molecular flexibility index (Phi) is 5.99. The van der Waals surface area contributed by atoms with Crippen molar-refractivity contribution < 1.29 is 9.36 Å². The lowest BCUT2D eigenvalue weighted by Crippen LogP contribution is -2.28. The molecule has 1 aliphatic rings. The lowest BCUT2D eigenvalue weighted by Gasteiger charge is -2.22. The van der Waals surface area contributed by atoms with Gasteiger partial charge in [0.25, 0.3) is 0 Å². The number of nitrogens with zero attached hydrogens (tertiary/aromatic N) is 4. The van der Waals surface area contributed by atoms with Crippen LogP contribution in [0.1, 0.15) is 13.8 Å². The smallest absolute Gasteiger partial charge is 0.243 e. The number of hydrogen-bond acceptors (Lipinski definition) is 4. The molecule has 0 saturated heterocycles. The zero-order valence-corrected chi connectivity index (χ0v) is 17.1. The minimum Gasteiger partial charge on any atom is -0.396 e. The Morgan fingerprint density at radius 2 is 2.00 bits per heavy atom. The summed E-state index contributed by atoms with van der Waals surface area (Å²) >= 11 is 6.02. The third-order valence-corrected chi connectivity index (χ3v) is 5.10. The molecule has 28 heavy (non-hydrogen) atoms. The van der Waals surface area contributed by atoms with Crippen LogP contribution in [0.5, 0.6) is 0 Å². The van der Waals surface area contributed by atoms with E-state index in [1.165, 1.54) is 0 Å². The Labute approximate surface area is 170 Å². The molecule has 1 aliphatic carbocycles. The van der Waals surface area contributed by atoms with E-state index < -0.39 is 0 Å². The van der Waals surface area contributed by atoms with Crippen molar-refractivity contribution in [2.45, 2.75) is 20.4 Å². The van der Waals surface area contributed by atoms with E-state index in [-0.39, 0.29) is 16.5 Å². The molecule has 0 atom stereocenters. The van der Waals surface area contributed by atoms with E-state index in [0.29, 0.717) is 11.3 Å². The van der Waals surface area contributed by atoms with Crippen molar-refractivity contribution in [2.24, 2.45) is 17.8 Å². The number of halogens is 1. The van der Waals surface area contributed by atoms with E-state index in [1.807, 2.05) is 42.1 Å². The van der Waals surface area contributed by atoms with Gasteiger partial charge in [-0.2, -0.15) is 0 Å². The third-order valence-electron chi connectivity index (χ3n) is 4.72. The molecule has 0 unspecified atom stereocenters. The number of carbonyl (C=O) groups excluding carboxylic acids is 1. The van der Waals surface area contributed by atoms with Crippen LogP contribution in [0.15, 0.2) is 70.4 Å². The van der Waals surface area contributed by atoms with E-state index in [4.69, 9.17) is 17.3 Å². The number of anilines is 1. The molecule has 3 rings (SSSR count). The molecular formula is C21H25ClN5O+. The SMILES string of the molecule is CCN(CCn1cc[n+](C)c1)c1ccc(N=C2C=C(C)C(=O)C(Cl)=C2N)cc1. The quantitative estimate of drug-likeness (QED) is 0.601. The van der Waals surface area contributed by atoms with Gasteiger partial charge in [0.1, 0.15) is 24.0 Å². The van der Waals surface area contributed by atoms with Crippen molar-refractivity contribution in [1.29, 1.82) is 0 Å². The number of ketones is 1. The number of allylic oxidation sites excluding steroid dienone is 3. The van der Waals surface area contributed by atoms with Gasteiger partial charge >= 0.3 is 0 Å². The molecule has 0 saturated carbocycles. The molecule has 0 fully saturated rings. The summed E-state index contributed by atoms with van der Waals surface area (Å²) in [5.41, 5.74) is 9.12. The molecule has 0 amide bonds. The lowest BCUT2D eigenvalue weighted by molar-refractivity contribution is -0.671. The van der Waals surface area contributed by atoms with Gasteiger partial charge in [0.2, 0.25) is 12.1 Å². The first-order chi connectivity index (χ1) is 13.4. The van der Waals surface area contributed by atoms with Crippen LogP contribution in [-0.2, 0) is 18.4 Å². The normalized spacial score (nSPS) is 15.9. The fraction of sp³-hybridized carbons (Fsp3) is 0.286. The van der Waals surface area contributed by atoms with Crippen LogP contribution < -0.4 is 15.2 Å². The zero-order chi connectivity index (χ0) is 20.3. The summed E-state index contributed by atoms with van der Waals surface area (Å²) in [5, 5.41) is 0.0333. The zero-order valence-electron chi connectivity index (χ0n) is 16.4. The Bertz CT molecular complexity index is 969. The van der Waals surface area contributed by atoms with Crippen LogP contribution in [0.25, 0.3) is 0 Å². The van der Waals surface area contributed by atoms with Gasteiger partial charge in [0.15, 0.2) is 0 Å². The fourth-order valence-electron chi connectivity index (χ4n) is 3.07.